The molecule has 1 aromatic rings. The van der Waals surface area contributed by atoms with Gasteiger partial charge < -0.3 is 10.2 Å². The maximum atomic E-state index is 12.4. The van der Waals surface area contributed by atoms with E-state index in [9.17, 15) is 4.79 Å². The molecule has 0 aromatic heterocycles. The van der Waals surface area contributed by atoms with Crippen molar-refractivity contribution in [3.8, 4) is 0 Å². The third kappa shape index (κ3) is 5.33. The molecule has 3 nitrogen and oxygen atoms in total. The first-order valence-corrected chi connectivity index (χ1v) is 7.41. The van der Waals surface area contributed by atoms with Crippen molar-refractivity contribution in [3.63, 3.8) is 0 Å². The Morgan fingerprint density at radius 2 is 1.80 bits per heavy atom. The van der Waals surface area contributed by atoms with Crippen molar-refractivity contribution < 1.29 is 4.79 Å². The number of amides is 1. The second kappa shape index (κ2) is 8.05. The van der Waals surface area contributed by atoms with Gasteiger partial charge in [0, 0.05) is 6.54 Å². The predicted molar refractivity (Wildman–Crippen MR) is 84.9 cm³/mol. The largest absolute Gasteiger partial charge is 0.356 e. The van der Waals surface area contributed by atoms with Crippen molar-refractivity contribution in [1.82, 2.24) is 10.2 Å². The highest BCUT2D eigenvalue weighted by Gasteiger charge is 2.23. The molecule has 3 heteroatoms. The van der Waals surface area contributed by atoms with Crippen molar-refractivity contribution in [3.05, 3.63) is 35.4 Å². The summed E-state index contributed by atoms with van der Waals surface area (Å²) < 4.78 is 0. The minimum absolute atomic E-state index is 0.0602. The molecule has 0 radical (unpaired) electrons. The average Bonchev–Trinajstić information content (AvgIpc) is 2.36. The van der Waals surface area contributed by atoms with Gasteiger partial charge >= 0.3 is 0 Å². The molecule has 0 aliphatic heterocycles. The molecule has 1 unspecified atom stereocenters. The average molecular weight is 276 g/mol. The van der Waals surface area contributed by atoms with Crippen LogP contribution in [0.25, 0.3) is 0 Å². The Hall–Kier alpha value is -1.35. The van der Waals surface area contributed by atoms with Gasteiger partial charge in [-0.2, -0.15) is 0 Å². The van der Waals surface area contributed by atoms with E-state index in [-0.39, 0.29) is 11.8 Å². The maximum Gasteiger partial charge on any atom is 0.227 e. The Balaban J connectivity index is 2.62. The Bertz CT molecular complexity index is 410. The van der Waals surface area contributed by atoms with E-state index in [1.807, 2.05) is 14.1 Å². The Morgan fingerprint density at radius 3 is 2.30 bits per heavy atom. The van der Waals surface area contributed by atoms with Crippen LogP contribution in [-0.4, -0.2) is 38.0 Å². The molecule has 0 bridgehead atoms. The summed E-state index contributed by atoms with van der Waals surface area (Å²) in [6.07, 6.45) is 0.984. The van der Waals surface area contributed by atoms with E-state index in [4.69, 9.17) is 0 Å². The number of rotatable bonds is 7. The number of aryl methyl sites for hydroxylation is 1. The normalized spacial score (nSPS) is 12.8. The van der Waals surface area contributed by atoms with Gasteiger partial charge in [0.05, 0.1) is 5.92 Å². The molecule has 112 valence electrons. The molecule has 0 spiro atoms. The van der Waals surface area contributed by atoms with Crippen LogP contribution in [0.3, 0.4) is 0 Å². The van der Waals surface area contributed by atoms with Crippen LogP contribution in [-0.2, 0) is 4.79 Å². The number of carbonyl (C=O) groups is 1. The molecular weight excluding hydrogens is 248 g/mol. The topological polar surface area (TPSA) is 32.3 Å². The lowest BCUT2D eigenvalue weighted by atomic mass is 9.87. The zero-order chi connectivity index (χ0) is 15.1. The Labute approximate surface area is 123 Å². The fraction of sp³-hybridized carbons (Fsp3) is 0.588. The standard InChI is InChI=1S/C17H28N2O/c1-13(2)16(15-9-7-14(3)8-10-15)17(20)18-11-6-12-19(4)5/h7-10,13,16H,6,11-12H2,1-5H3,(H,18,20). The van der Waals surface area contributed by atoms with Crippen LogP contribution in [0.4, 0.5) is 0 Å². The SMILES string of the molecule is Cc1ccc(C(C(=O)NCCCN(C)C)C(C)C)cc1. The molecule has 0 fully saturated rings. The maximum absolute atomic E-state index is 12.4. The second-order valence-electron chi connectivity index (χ2n) is 6.08. The summed E-state index contributed by atoms with van der Waals surface area (Å²) in [6, 6.07) is 8.28. The summed E-state index contributed by atoms with van der Waals surface area (Å²) in [6.45, 7) is 8.01. The summed E-state index contributed by atoms with van der Waals surface area (Å²) in [7, 11) is 4.09. The van der Waals surface area contributed by atoms with Crippen LogP contribution in [0.5, 0.6) is 0 Å². The molecule has 0 saturated heterocycles. The number of benzene rings is 1. The van der Waals surface area contributed by atoms with Gasteiger partial charge in [-0.05, 0) is 45.5 Å². The van der Waals surface area contributed by atoms with E-state index >= 15 is 0 Å². The van der Waals surface area contributed by atoms with Gasteiger partial charge in [-0.3, -0.25) is 4.79 Å². The lowest BCUT2D eigenvalue weighted by molar-refractivity contribution is -0.123. The molecule has 1 aromatic carbocycles. The summed E-state index contributed by atoms with van der Waals surface area (Å²) in [5.41, 5.74) is 2.33. The molecule has 20 heavy (non-hydrogen) atoms. The molecule has 0 heterocycles. The molecule has 0 aliphatic carbocycles. The van der Waals surface area contributed by atoms with E-state index in [0.29, 0.717) is 5.92 Å². The first-order chi connectivity index (χ1) is 9.41. The van der Waals surface area contributed by atoms with Crippen molar-refractivity contribution >= 4 is 5.91 Å². The fourth-order valence-corrected chi connectivity index (χ4v) is 2.33. The zero-order valence-corrected chi connectivity index (χ0v) is 13.4. The van der Waals surface area contributed by atoms with Crippen LogP contribution in [0.15, 0.2) is 24.3 Å². The molecular formula is C17H28N2O. The monoisotopic (exact) mass is 276 g/mol. The minimum Gasteiger partial charge on any atom is -0.356 e. The number of nitrogens with one attached hydrogen (secondary N) is 1. The quantitative estimate of drug-likeness (QED) is 0.777. The fourth-order valence-electron chi connectivity index (χ4n) is 2.33. The summed E-state index contributed by atoms with van der Waals surface area (Å²) in [5, 5.41) is 3.07. The van der Waals surface area contributed by atoms with Gasteiger partial charge in [0.2, 0.25) is 5.91 Å². The number of hydrogen-bond acceptors (Lipinski definition) is 2. The molecule has 0 saturated carbocycles. The van der Waals surface area contributed by atoms with Crippen LogP contribution in [0.2, 0.25) is 0 Å². The smallest absolute Gasteiger partial charge is 0.227 e. The van der Waals surface area contributed by atoms with Crippen LogP contribution >= 0.6 is 0 Å². The van der Waals surface area contributed by atoms with Gasteiger partial charge in [-0.15, -0.1) is 0 Å². The van der Waals surface area contributed by atoms with E-state index < -0.39 is 0 Å². The van der Waals surface area contributed by atoms with E-state index in [0.717, 1.165) is 25.1 Å². The third-order valence-corrected chi connectivity index (χ3v) is 3.47. The van der Waals surface area contributed by atoms with Crippen LogP contribution in [0, 0.1) is 12.8 Å². The van der Waals surface area contributed by atoms with Crippen molar-refractivity contribution in [2.45, 2.75) is 33.1 Å². The lowest BCUT2D eigenvalue weighted by Crippen LogP contribution is -2.33. The first kappa shape index (κ1) is 16.7. The Kier molecular flexibility index (Phi) is 6.73. The van der Waals surface area contributed by atoms with E-state index in [2.05, 4.69) is 55.3 Å². The highest BCUT2D eigenvalue weighted by molar-refractivity contribution is 5.83. The number of carbonyl (C=O) groups excluding carboxylic acids is 1. The summed E-state index contributed by atoms with van der Waals surface area (Å²) >= 11 is 0. The summed E-state index contributed by atoms with van der Waals surface area (Å²) in [4.78, 5) is 14.5. The number of hydrogen-bond donors (Lipinski definition) is 1. The molecule has 1 atom stereocenters. The molecule has 1 amide bonds. The van der Waals surface area contributed by atoms with E-state index in [1.165, 1.54) is 5.56 Å². The van der Waals surface area contributed by atoms with Crippen molar-refractivity contribution in [2.75, 3.05) is 27.2 Å². The van der Waals surface area contributed by atoms with Crippen LogP contribution in [0.1, 0.15) is 37.3 Å². The van der Waals surface area contributed by atoms with Gasteiger partial charge in [0.1, 0.15) is 0 Å². The van der Waals surface area contributed by atoms with Gasteiger partial charge in [0.15, 0.2) is 0 Å². The van der Waals surface area contributed by atoms with Crippen LogP contribution < -0.4 is 5.32 Å². The van der Waals surface area contributed by atoms with Crippen molar-refractivity contribution in [1.29, 1.82) is 0 Å². The third-order valence-electron chi connectivity index (χ3n) is 3.47. The van der Waals surface area contributed by atoms with Crippen molar-refractivity contribution in [2.24, 2.45) is 5.92 Å². The van der Waals surface area contributed by atoms with Gasteiger partial charge in [-0.1, -0.05) is 43.7 Å². The highest BCUT2D eigenvalue weighted by atomic mass is 16.1. The number of nitrogens with zero attached hydrogens (tertiary/aromatic N) is 1. The lowest BCUT2D eigenvalue weighted by Gasteiger charge is -2.21. The first-order valence-electron chi connectivity index (χ1n) is 7.41. The second-order valence-corrected chi connectivity index (χ2v) is 6.08. The van der Waals surface area contributed by atoms with E-state index in [1.54, 1.807) is 0 Å². The highest BCUT2D eigenvalue weighted by Crippen LogP contribution is 2.24. The van der Waals surface area contributed by atoms with Gasteiger partial charge in [-0.25, -0.2) is 0 Å². The minimum atomic E-state index is -0.0602. The molecule has 1 rings (SSSR count). The Morgan fingerprint density at radius 1 is 1.20 bits per heavy atom. The predicted octanol–water partition coefficient (Wildman–Crippen LogP) is 2.80. The summed E-state index contributed by atoms with van der Waals surface area (Å²) in [5.74, 6) is 0.379. The molecule has 0 aliphatic rings. The molecule has 1 N–H and O–H groups in total. The zero-order valence-electron chi connectivity index (χ0n) is 13.4. The van der Waals surface area contributed by atoms with Gasteiger partial charge in [0.25, 0.3) is 0 Å².